The van der Waals surface area contributed by atoms with E-state index in [0.29, 0.717) is 40.3 Å². The summed E-state index contributed by atoms with van der Waals surface area (Å²) in [6.07, 6.45) is 0.566. The summed E-state index contributed by atoms with van der Waals surface area (Å²) in [7, 11) is 1.61. The summed E-state index contributed by atoms with van der Waals surface area (Å²) in [5.74, 6) is 1.17. The molecule has 3 aromatic carbocycles. The van der Waals surface area contributed by atoms with Gasteiger partial charge in [0.15, 0.2) is 5.39 Å². The summed E-state index contributed by atoms with van der Waals surface area (Å²) in [5.41, 5.74) is 1.32. The molecule has 0 radical (unpaired) electrons. The van der Waals surface area contributed by atoms with Crippen molar-refractivity contribution in [3.63, 3.8) is 0 Å². The van der Waals surface area contributed by atoms with Crippen LogP contribution in [0.4, 0.5) is 0 Å². The van der Waals surface area contributed by atoms with Gasteiger partial charge in [0.25, 0.3) is 5.56 Å². The SMILES string of the molecule is COc1ccc(CCn2c(-c3ccc(Cl)cc3)nc3oc4ccccc4c(=O)c3c2=O)cc1. The average molecular weight is 459 g/mol. The van der Waals surface area contributed by atoms with Gasteiger partial charge in [0.2, 0.25) is 11.1 Å². The Morgan fingerprint density at radius 1 is 0.970 bits per heavy atom. The molecule has 0 atom stereocenters. The number of aromatic nitrogens is 2. The van der Waals surface area contributed by atoms with Crippen LogP contribution in [0.25, 0.3) is 33.5 Å². The van der Waals surface area contributed by atoms with E-state index in [0.717, 1.165) is 11.3 Å². The summed E-state index contributed by atoms with van der Waals surface area (Å²) in [6.45, 7) is 0.332. The monoisotopic (exact) mass is 458 g/mol. The maximum absolute atomic E-state index is 13.6. The maximum atomic E-state index is 13.6. The average Bonchev–Trinajstić information content (AvgIpc) is 2.84. The van der Waals surface area contributed by atoms with Gasteiger partial charge >= 0.3 is 0 Å². The molecule has 0 fully saturated rings. The zero-order chi connectivity index (χ0) is 22.9. The van der Waals surface area contributed by atoms with Crippen LogP contribution in [0.15, 0.2) is 86.8 Å². The third-order valence-corrected chi connectivity index (χ3v) is 5.84. The van der Waals surface area contributed by atoms with Gasteiger partial charge in [-0.3, -0.25) is 14.2 Å². The lowest BCUT2D eigenvalue weighted by molar-refractivity contribution is 0.414. The smallest absolute Gasteiger partial charge is 0.269 e. The van der Waals surface area contributed by atoms with E-state index >= 15 is 0 Å². The van der Waals surface area contributed by atoms with Gasteiger partial charge in [-0.25, -0.2) is 0 Å². The van der Waals surface area contributed by atoms with Crippen molar-refractivity contribution in [2.45, 2.75) is 13.0 Å². The molecule has 0 amide bonds. The molecule has 0 saturated heterocycles. The maximum Gasteiger partial charge on any atom is 0.269 e. The van der Waals surface area contributed by atoms with Crippen LogP contribution < -0.4 is 15.7 Å². The van der Waals surface area contributed by atoms with Crippen LogP contribution in [0.1, 0.15) is 5.56 Å². The Labute approximate surface area is 193 Å². The predicted molar refractivity (Wildman–Crippen MR) is 129 cm³/mol. The van der Waals surface area contributed by atoms with E-state index in [9.17, 15) is 9.59 Å². The van der Waals surface area contributed by atoms with Crippen LogP contribution in [0.3, 0.4) is 0 Å². The number of nitrogens with zero attached hydrogens (tertiary/aromatic N) is 2. The molecular formula is C26H19ClN2O4. The number of rotatable bonds is 5. The van der Waals surface area contributed by atoms with E-state index in [-0.39, 0.29) is 16.5 Å². The van der Waals surface area contributed by atoms with E-state index in [1.165, 1.54) is 4.57 Å². The molecule has 7 heteroatoms. The lowest BCUT2D eigenvalue weighted by Crippen LogP contribution is -2.28. The molecule has 0 spiro atoms. The highest BCUT2D eigenvalue weighted by atomic mass is 35.5. The third kappa shape index (κ3) is 3.90. The van der Waals surface area contributed by atoms with Crippen molar-refractivity contribution in [2.24, 2.45) is 0 Å². The first-order valence-corrected chi connectivity index (χ1v) is 10.8. The second-order valence-electron chi connectivity index (χ2n) is 7.60. The van der Waals surface area contributed by atoms with E-state index in [2.05, 4.69) is 4.98 Å². The Kier molecular flexibility index (Phi) is 5.44. The molecule has 0 aliphatic heterocycles. The molecule has 5 aromatic rings. The number of methoxy groups -OCH3 is 1. The van der Waals surface area contributed by atoms with Crippen LogP contribution in [0.2, 0.25) is 5.02 Å². The summed E-state index contributed by atoms with van der Waals surface area (Å²) >= 11 is 6.06. The van der Waals surface area contributed by atoms with Gasteiger partial charge in [-0.2, -0.15) is 4.98 Å². The lowest BCUT2D eigenvalue weighted by Gasteiger charge is -2.14. The van der Waals surface area contributed by atoms with Crippen molar-refractivity contribution in [3.05, 3.63) is 104 Å². The quantitative estimate of drug-likeness (QED) is 0.343. The normalized spacial score (nSPS) is 11.2. The van der Waals surface area contributed by atoms with Gasteiger partial charge in [0.05, 0.1) is 12.5 Å². The number of ether oxygens (including phenoxy) is 1. The molecule has 0 saturated carbocycles. The standard InChI is InChI=1S/C26H19ClN2O4/c1-32-19-12-6-16(7-13-19)14-15-29-24(17-8-10-18(27)11-9-17)28-25-22(26(29)31)23(30)20-4-2-3-5-21(20)33-25/h2-13H,14-15H2,1H3. The van der Waals surface area contributed by atoms with E-state index in [4.69, 9.17) is 20.8 Å². The highest BCUT2D eigenvalue weighted by Gasteiger charge is 2.19. The zero-order valence-corrected chi connectivity index (χ0v) is 18.5. The number of hydrogen-bond donors (Lipinski definition) is 0. The number of aryl methyl sites for hydroxylation is 1. The van der Waals surface area contributed by atoms with E-state index in [1.807, 2.05) is 24.3 Å². The van der Waals surface area contributed by atoms with Crippen molar-refractivity contribution in [1.82, 2.24) is 9.55 Å². The fourth-order valence-corrected chi connectivity index (χ4v) is 3.97. The molecule has 5 rings (SSSR count). The van der Waals surface area contributed by atoms with Crippen LogP contribution in [0, 0.1) is 0 Å². The van der Waals surface area contributed by atoms with Crippen LogP contribution in [-0.2, 0) is 13.0 Å². The highest BCUT2D eigenvalue weighted by molar-refractivity contribution is 6.30. The first-order valence-electron chi connectivity index (χ1n) is 10.4. The number of halogens is 1. The van der Waals surface area contributed by atoms with Crippen molar-refractivity contribution in [3.8, 4) is 17.1 Å². The summed E-state index contributed by atoms with van der Waals surface area (Å²) < 4.78 is 12.6. The molecule has 2 aromatic heterocycles. The molecular weight excluding hydrogens is 440 g/mol. The Bertz CT molecular complexity index is 1590. The van der Waals surface area contributed by atoms with E-state index < -0.39 is 5.56 Å². The number of benzene rings is 3. The van der Waals surface area contributed by atoms with Gasteiger partial charge < -0.3 is 9.15 Å². The van der Waals surface area contributed by atoms with E-state index in [1.54, 1.807) is 55.6 Å². The topological polar surface area (TPSA) is 74.3 Å². The minimum Gasteiger partial charge on any atom is -0.497 e. The molecule has 0 unspecified atom stereocenters. The van der Waals surface area contributed by atoms with Gasteiger partial charge in [-0.15, -0.1) is 0 Å². The second-order valence-corrected chi connectivity index (χ2v) is 8.04. The largest absolute Gasteiger partial charge is 0.497 e. The highest BCUT2D eigenvalue weighted by Crippen LogP contribution is 2.23. The summed E-state index contributed by atoms with van der Waals surface area (Å²) in [5, 5.41) is 0.871. The van der Waals surface area contributed by atoms with Crippen LogP contribution >= 0.6 is 11.6 Å². The molecule has 0 aliphatic carbocycles. The van der Waals surface area contributed by atoms with Crippen molar-refractivity contribution >= 4 is 33.7 Å². The fraction of sp³-hybridized carbons (Fsp3) is 0.115. The summed E-state index contributed by atoms with van der Waals surface area (Å²) in [6, 6.07) is 21.5. The Morgan fingerprint density at radius 2 is 1.70 bits per heavy atom. The molecule has 0 bridgehead atoms. The van der Waals surface area contributed by atoms with Crippen LogP contribution in [-0.4, -0.2) is 16.7 Å². The Balaban J connectivity index is 1.70. The predicted octanol–water partition coefficient (Wildman–Crippen LogP) is 5.07. The number of hydrogen-bond acceptors (Lipinski definition) is 5. The first kappa shape index (κ1) is 21.0. The second kappa shape index (κ2) is 8.56. The first-order chi connectivity index (χ1) is 16.0. The lowest BCUT2D eigenvalue weighted by atomic mass is 10.1. The van der Waals surface area contributed by atoms with Gasteiger partial charge in [-0.1, -0.05) is 35.9 Å². The fourth-order valence-electron chi connectivity index (χ4n) is 3.85. The molecule has 33 heavy (non-hydrogen) atoms. The van der Waals surface area contributed by atoms with Gasteiger partial charge in [0, 0.05) is 17.1 Å². The minimum atomic E-state index is -0.432. The van der Waals surface area contributed by atoms with Crippen molar-refractivity contribution in [1.29, 1.82) is 0 Å². The Morgan fingerprint density at radius 3 is 2.42 bits per heavy atom. The number of para-hydroxylation sites is 1. The Hall–Kier alpha value is -3.90. The molecule has 6 nitrogen and oxygen atoms in total. The molecule has 0 N–H and O–H groups in total. The molecule has 2 heterocycles. The van der Waals surface area contributed by atoms with Gasteiger partial charge in [-0.05, 0) is 60.5 Å². The number of fused-ring (bicyclic) bond motifs is 2. The van der Waals surface area contributed by atoms with Gasteiger partial charge in [0.1, 0.15) is 17.2 Å². The minimum absolute atomic E-state index is 0.0225. The zero-order valence-electron chi connectivity index (χ0n) is 17.7. The van der Waals surface area contributed by atoms with Crippen LogP contribution in [0.5, 0.6) is 5.75 Å². The van der Waals surface area contributed by atoms with Crippen molar-refractivity contribution in [2.75, 3.05) is 7.11 Å². The third-order valence-electron chi connectivity index (χ3n) is 5.59. The molecule has 164 valence electrons. The van der Waals surface area contributed by atoms with Crippen molar-refractivity contribution < 1.29 is 9.15 Å². The molecule has 0 aliphatic rings. The summed E-state index contributed by atoms with van der Waals surface area (Å²) in [4.78, 5) is 31.4.